The molecular weight excluding hydrogens is 298 g/mol. The molecule has 0 aromatic rings. The van der Waals surface area contributed by atoms with Crippen LogP contribution in [0.2, 0.25) is 0 Å². The van der Waals surface area contributed by atoms with Gasteiger partial charge in [-0.2, -0.15) is 0 Å². The van der Waals surface area contributed by atoms with Gasteiger partial charge in [0.25, 0.3) is 0 Å². The summed E-state index contributed by atoms with van der Waals surface area (Å²) in [6.07, 6.45) is 2.27. The van der Waals surface area contributed by atoms with Crippen molar-refractivity contribution in [3.63, 3.8) is 0 Å². The van der Waals surface area contributed by atoms with Gasteiger partial charge < -0.3 is 20.3 Å². The van der Waals surface area contributed by atoms with Gasteiger partial charge >= 0.3 is 6.09 Å². The van der Waals surface area contributed by atoms with E-state index >= 15 is 0 Å². The molecule has 0 unspecified atom stereocenters. The first-order chi connectivity index (χ1) is 10.8. The van der Waals surface area contributed by atoms with Crippen LogP contribution in [0.4, 0.5) is 4.79 Å². The van der Waals surface area contributed by atoms with E-state index in [4.69, 9.17) is 10.5 Å². The Morgan fingerprint density at radius 3 is 2.48 bits per heavy atom. The van der Waals surface area contributed by atoms with Crippen LogP contribution >= 0.6 is 0 Å². The quantitative estimate of drug-likeness (QED) is 0.791. The van der Waals surface area contributed by atoms with Gasteiger partial charge in [0, 0.05) is 45.3 Å². The molecule has 7 heteroatoms. The van der Waals surface area contributed by atoms with Gasteiger partial charge in [-0.05, 0) is 12.3 Å². The van der Waals surface area contributed by atoms with Gasteiger partial charge in [0.15, 0.2) is 0 Å². The van der Waals surface area contributed by atoms with E-state index in [1.807, 2.05) is 0 Å². The minimum atomic E-state index is -0.461. The van der Waals surface area contributed by atoms with Crippen LogP contribution in [0.25, 0.3) is 0 Å². The molecule has 7 nitrogen and oxygen atoms in total. The van der Waals surface area contributed by atoms with Crippen molar-refractivity contribution in [2.75, 3.05) is 26.2 Å². The first-order valence-electron chi connectivity index (χ1n) is 8.35. The lowest BCUT2D eigenvalue weighted by molar-refractivity contribution is -0.136. The van der Waals surface area contributed by atoms with E-state index < -0.39 is 11.5 Å². The summed E-state index contributed by atoms with van der Waals surface area (Å²) in [4.78, 5) is 38.3. The van der Waals surface area contributed by atoms with Crippen LogP contribution in [0, 0.1) is 5.92 Å². The number of hydrogen-bond donors (Lipinski definition) is 1. The highest BCUT2D eigenvalue weighted by molar-refractivity contribution is 5.83. The van der Waals surface area contributed by atoms with E-state index in [2.05, 4.69) is 13.8 Å². The third kappa shape index (κ3) is 4.59. The van der Waals surface area contributed by atoms with Crippen LogP contribution in [0.1, 0.15) is 46.0 Å². The molecular formula is C16H27N3O4. The van der Waals surface area contributed by atoms with Crippen molar-refractivity contribution in [1.82, 2.24) is 9.80 Å². The van der Waals surface area contributed by atoms with E-state index in [9.17, 15) is 14.4 Å². The van der Waals surface area contributed by atoms with Crippen LogP contribution in [-0.4, -0.2) is 59.5 Å². The molecule has 3 amide bonds. The Balaban J connectivity index is 1.82. The second-order valence-corrected chi connectivity index (χ2v) is 7.00. The fourth-order valence-corrected chi connectivity index (χ4v) is 3.09. The number of hydrogen-bond acceptors (Lipinski definition) is 4. The van der Waals surface area contributed by atoms with Crippen molar-refractivity contribution >= 4 is 17.9 Å². The zero-order valence-electron chi connectivity index (χ0n) is 14.0. The SMILES string of the molecule is CC(C)CCN1CC2(CCN(C(=O)CCC(N)=O)CC2)OC1=O. The largest absolute Gasteiger partial charge is 0.441 e. The lowest BCUT2D eigenvalue weighted by Gasteiger charge is -2.37. The molecule has 0 atom stereocenters. The smallest absolute Gasteiger partial charge is 0.410 e. The predicted molar refractivity (Wildman–Crippen MR) is 84.5 cm³/mol. The van der Waals surface area contributed by atoms with Gasteiger partial charge in [0.1, 0.15) is 5.60 Å². The summed E-state index contributed by atoms with van der Waals surface area (Å²) in [6.45, 7) is 6.72. The van der Waals surface area contributed by atoms with Gasteiger partial charge in [-0.3, -0.25) is 9.59 Å². The zero-order valence-corrected chi connectivity index (χ0v) is 14.0. The normalized spacial score (nSPS) is 20.2. The molecule has 2 aliphatic heterocycles. The number of piperidine rings is 1. The van der Waals surface area contributed by atoms with Crippen molar-refractivity contribution in [3.05, 3.63) is 0 Å². The van der Waals surface area contributed by atoms with Gasteiger partial charge in [-0.25, -0.2) is 4.79 Å². The lowest BCUT2D eigenvalue weighted by Crippen LogP contribution is -2.48. The molecule has 2 aliphatic rings. The van der Waals surface area contributed by atoms with Crippen molar-refractivity contribution in [2.45, 2.75) is 51.6 Å². The summed E-state index contributed by atoms with van der Waals surface area (Å²) < 4.78 is 5.64. The van der Waals surface area contributed by atoms with Crippen LogP contribution in [-0.2, 0) is 14.3 Å². The van der Waals surface area contributed by atoms with Gasteiger partial charge in [0.2, 0.25) is 11.8 Å². The fourth-order valence-electron chi connectivity index (χ4n) is 3.09. The number of rotatable bonds is 6. The molecule has 130 valence electrons. The Labute approximate surface area is 137 Å². The molecule has 0 saturated carbocycles. The van der Waals surface area contributed by atoms with E-state index in [1.54, 1.807) is 9.80 Å². The van der Waals surface area contributed by atoms with E-state index in [0.717, 1.165) is 13.0 Å². The summed E-state index contributed by atoms with van der Waals surface area (Å²) in [5.41, 5.74) is 4.62. The summed E-state index contributed by atoms with van der Waals surface area (Å²) in [5, 5.41) is 0. The monoisotopic (exact) mass is 325 g/mol. The minimum Gasteiger partial charge on any atom is -0.441 e. The Bertz CT molecular complexity index is 470. The Kier molecular flexibility index (Phi) is 5.49. The Morgan fingerprint density at radius 1 is 1.26 bits per heavy atom. The molecule has 2 rings (SSSR count). The highest BCUT2D eigenvalue weighted by atomic mass is 16.6. The zero-order chi connectivity index (χ0) is 17.0. The number of ether oxygens (including phenoxy) is 1. The van der Waals surface area contributed by atoms with Crippen molar-refractivity contribution in [3.8, 4) is 0 Å². The fraction of sp³-hybridized carbons (Fsp3) is 0.812. The van der Waals surface area contributed by atoms with Crippen molar-refractivity contribution in [1.29, 1.82) is 0 Å². The summed E-state index contributed by atoms with van der Waals surface area (Å²) in [7, 11) is 0. The van der Waals surface area contributed by atoms with E-state index in [-0.39, 0.29) is 24.8 Å². The van der Waals surface area contributed by atoms with Crippen LogP contribution < -0.4 is 5.73 Å². The van der Waals surface area contributed by atoms with Crippen molar-refractivity contribution < 1.29 is 19.1 Å². The van der Waals surface area contributed by atoms with Gasteiger partial charge in [-0.1, -0.05) is 13.8 Å². The van der Waals surface area contributed by atoms with Crippen LogP contribution in [0.3, 0.4) is 0 Å². The summed E-state index contributed by atoms with van der Waals surface area (Å²) >= 11 is 0. The predicted octanol–water partition coefficient (Wildman–Crippen LogP) is 1.11. The third-order valence-corrected chi connectivity index (χ3v) is 4.63. The first kappa shape index (κ1) is 17.6. The number of primary amides is 1. The molecule has 0 aromatic heterocycles. The number of carbonyl (C=O) groups is 3. The first-order valence-corrected chi connectivity index (χ1v) is 8.35. The average Bonchev–Trinajstić information content (AvgIpc) is 2.79. The summed E-state index contributed by atoms with van der Waals surface area (Å²) in [6, 6.07) is 0. The molecule has 2 saturated heterocycles. The summed E-state index contributed by atoms with van der Waals surface area (Å²) in [5.74, 6) is 0.0288. The maximum absolute atomic E-state index is 12.0. The second kappa shape index (κ2) is 7.19. The molecule has 2 heterocycles. The molecule has 2 fully saturated rings. The molecule has 0 radical (unpaired) electrons. The standard InChI is InChI=1S/C16H27N3O4/c1-12(2)5-8-19-11-16(23-15(19)22)6-9-18(10-7-16)14(21)4-3-13(17)20/h12H,3-11H2,1-2H3,(H2,17,20). The average molecular weight is 325 g/mol. The Morgan fingerprint density at radius 2 is 1.91 bits per heavy atom. The molecule has 23 heavy (non-hydrogen) atoms. The van der Waals surface area contributed by atoms with Crippen molar-refractivity contribution in [2.24, 2.45) is 11.7 Å². The topological polar surface area (TPSA) is 92.9 Å². The maximum atomic E-state index is 12.0. The van der Waals surface area contributed by atoms with Gasteiger partial charge in [0.05, 0.1) is 6.54 Å². The number of nitrogens with two attached hydrogens (primary N) is 1. The van der Waals surface area contributed by atoms with Gasteiger partial charge in [-0.15, -0.1) is 0 Å². The third-order valence-electron chi connectivity index (χ3n) is 4.63. The maximum Gasteiger partial charge on any atom is 0.410 e. The molecule has 0 aromatic carbocycles. The number of carbonyl (C=O) groups excluding carboxylic acids is 3. The molecule has 0 aliphatic carbocycles. The lowest BCUT2D eigenvalue weighted by atomic mass is 9.91. The Hall–Kier alpha value is -1.79. The number of amides is 3. The van der Waals surface area contributed by atoms with Crippen LogP contribution in [0.5, 0.6) is 0 Å². The highest BCUT2D eigenvalue weighted by Gasteiger charge is 2.47. The van der Waals surface area contributed by atoms with Crippen LogP contribution in [0.15, 0.2) is 0 Å². The minimum absolute atomic E-state index is 0.0559. The van der Waals surface area contributed by atoms with E-state index in [1.165, 1.54) is 0 Å². The molecule has 2 N–H and O–H groups in total. The highest BCUT2D eigenvalue weighted by Crippen LogP contribution is 2.33. The number of likely N-dealkylation sites (tertiary alicyclic amines) is 1. The molecule has 1 spiro atoms. The second-order valence-electron chi connectivity index (χ2n) is 7.00. The molecule has 0 bridgehead atoms. The van der Waals surface area contributed by atoms with E-state index in [0.29, 0.717) is 38.4 Å². The number of nitrogens with zero attached hydrogens (tertiary/aromatic N) is 2.